The summed E-state index contributed by atoms with van der Waals surface area (Å²) in [5, 5.41) is 2.74. The summed E-state index contributed by atoms with van der Waals surface area (Å²) in [7, 11) is 1.50. The van der Waals surface area contributed by atoms with E-state index < -0.39 is 11.6 Å². The lowest BCUT2D eigenvalue weighted by atomic mass is 9.78. The monoisotopic (exact) mass is 431 g/mol. The average molecular weight is 431 g/mol. The van der Waals surface area contributed by atoms with Gasteiger partial charge in [0.05, 0.1) is 11.2 Å². The highest BCUT2D eigenvalue weighted by molar-refractivity contribution is 6.01. The largest absolute Gasteiger partial charge is 0.352 e. The van der Waals surface area contributed by atoms with E-state index in [4.69, 9.17) is 0 Å². The number of imide groups is 1. The summed E-state index contributed by atoms with van der Waals surface area (Å²) in [6.07, 6.45) is 3.90. The van der Waals surface area contributed by atoms with Gasteiger partial charge < -0.3 is 10.7 Å². The van der Waals surface area contributed by atoms with Crippen LogP contribution in [0.5, 0.6) is 0 Å². The van der Waals surface area contributed by atoms with Crippen LogP contribution in [0.4, 0.5) is 13.2 Å². The van der Waals surface area contributed by atoms with E-state index >= 15 is 0 Å². The average Bonchev–Trinajstić information content (AvgIpc) is 3.27. The Labute approximate surface area is 177 Å². The molecule has 5 rings (SSSR count). The number of halogens is 3. The van der Waals surface area contributed by atoms with Gasteiger partial charge in [0.25, 0.3) is 0 Å². The highest BCUT2D eigenvalue weighted by Gasteiger charge is 2.27. The molecule has 0 bridgehead atoms. The lowest BCUT2D eigenvalue weighted by molar-refractivity contribution is -0.124. The van der Waals surface area contributed by atoms with Crippen LogP contribution in [0.25, 0.3) is 22.2 Å². The van der Waals surface area contributed by atoms with Crippen molar-refractivity contribution in [1.29, 1.82) is 0 Å². The van der Waals surface area contributed by atoms with Gasteiger partial charge in [-0.05, 0) is 67.3 Å². The minimum atomic E-state index is -0.594. The lowest BCUT2D eigenvalue weighted by Gasteiger charge is -2.26. The van der Waals surface area contributed by atoms with E-state index in [9.17, 15) is 22.8 Å². The summed E-state index contributed by atoms with van der Waals surface area (Å²) < 4.78 is 40.8. The van der Waals surface area contributed by atoms with E-state index in [-0.39, 0.29) is 17.6 Å². The van der Waals surface area contributed by atoms with Gasteiger partial charge in [0.2, 0.25) is 11.8 Å². The lowest BCUT2D eigenvalue weighted by Crippen LogP contribution is -2.18. The number of hydrogen-bond acceptors (Lipinski definition) is 3. The number of H-pyrrole nitrogens is 1. The van der Waals surface area contributed by atoms with E-state index in [0.717, 1.165) is 42.1 Å². The van der Waals surface area contributed by atoms with E-state index in [2.05, 4.69) is 16.0 Å². The number of nitrogens with two attached hydrogens (primary N) is 1. The number of amides is 2. The minimum absolute atomic E-state index is 0.148. The zero-order valence-corrected chi connectivity index (χ0v) is 17.1. The first-order valence-electron chi connectivity index (χ1n) is 10.1. The molecule has 1 saturated heterocycles. The first kappa shape index (κ1) is 22.6. The molecule has 5 nitrogen and oxygen atoms in total. The molecule has 1 saturated carbocycles. The number of rotatable bonds is 2. The van der Waals surface area contributed by atoms with Crippen LogP contribution in [-0.2, 0) is 9.59 Å². The molecule has 4 N–H and O–H groups in total. The van der Waals surface area contributed by atoms with Crippen LogP contribution in [0.3, 0.4) is 0 Å². The molecule has 1 aliphatic heterocycles. The third-order valence-corrected chi connectivity index (χ3v) is 5.37. The number of fused-ring (bicyclic) bond motifs is 1. The third kappa shape index (κ3) is 4.96. The number of carbonyl (C=O) groups is 2. The van der Waals surface area contributed by atoms with Crippen molar-refractivity contribution >= 4 is 22.7 Å². The second-order valence-electron chi connectivity index (χ2n) is 7.33. The molecule has 0 unspecified atom stereocenters. The summed E-state index contributed by atoms with van der Waals surface area (Å²) >= 11 is 0. The van der Waals surface area contributed by atoms with Gasteiger partial charge in [-0.15, -0.1) is 0 Å². The minimum Gasteiger partial charge on any atom is -0.352 e. The Kier molecular flexibility index (Phi) is 7.12. The Morgan fingerprint density at radius 2 is 1.52 bits per heavy atom. The summed E-state index contributed by atoms with van der Waals surface area (Å²) in [6.45, 7) is 0. The molecule has 2 fully saturated rings. The third-order valence-electron chi connectivity index (χ3n) is 5.37. The normalized spacial score (nSPS) is 15.5. The molecule has 0 atom stereocenters. The quantitative estimate of drug-likeness (QED) is 0.522. The molecule has 2 heterocycles. The van der Waals surface area contributed by atoms with Gasteiger partial charge in [-0.3, -0.25) is 14.9 Å². The first-order chi connectivity index (χ1) is 14.9. The second-order valence-corrected chi connectivity index (χ2v) is 7.33. The molecular weight excluding hydrogens is 407 g/mol. The van der Waals surface area contributed by atoms with Crippen molar-refractivity contribution in [3.63, 3.8) is 0 Å². The molecule has 164 valence electrons. The molecular formula is C23H24F3N3O2. The smallest absolute Gasteiger partial charge is 0.227 e. The van der Waals surface area contributed by atoms with E-state index in [1.807, 2.05) is 0 Å². The van der Waals surface area contributed by atoms with Crippen molar-refractivity contribution in [2.45, 2.75) is 38.0 Å². The standard InChI is InChI=1S/C18H14F3N.C4H5NO2.CH5N/c19-12-6-4-11(5-7-12)17-16(10-2-1-3-10)14-8-13(20)9-15(21)18(14)22-17;6-3-1-2-4(7)5-3;1-2/h4-10,22H,1-3H2;1-2H2,(H,5,6,7);2H2,1H3. The Hall–Kier alpha value is -3.13. The van der Waals surface area contributed by atoms with Gasteiger partial charge in [-0.1, -0.05) is 6.42 Å². The molecule has 0 radical (unpaired) electrons. The molecule has 3 aromatic rings. The number of aromatic amines is 1. The van der Waals surface area contributed by atoms with E-state index in [1.165, 1.54) is 25.2 Å². The van der Waals surface area contributed by atoms with Crippen LogP contribution in [0, 0.1) is 17.5 Å². The van der Waals surface area contributed by atoms with Crippen molar-refractivity contribution in [3.8, 4) is 11.3 Å². The maximum atomic E-state index is 14.1. The molecule has 1 aliphatic carbocycles. The van der Waals surface area contributed by atoms with Crippen LogP contribution in [0.1, 0.15) is 43.6 Å². The first-order valence-corrected chi connectivity index (χ1v) is 10.1. The summed E-state index contributed by atoms with van der Waals surface area (Å²) in [6, 6.07) is 8.35. The van der Waals surface area contributed by atoms with Crippen LogP contribution < -0.4 is 11.1 Å². The molecule has 2 aromatic carbocycles. The van der Waals surface area contributed by atoms with Crippen molar-refractivity contribution < 1.29 is 22.8 Å². The molecule has 31 heavy (non-hydrogen) atoms. The van der Waals surface area contributed by atoms with Crippen LogP contribution in [0.15, 0.2) is 36.4 Å². The van der Waals surface area contributed by atoms with Gasteiger partial charge in [-0.25, -0.2) is 13.2 Å². The van der Waals surface area contributed by atoms with Gasteiger partial charge >= 0.3 is 0 Å². The second kappa shape index (κ2) is 9.78. The predicted molar refractivity (Wildman–Crippen MR) is 113 cm³/mol. The Balaban J connectivity index is 0.000000256. The van der Waals surface area contributed by atoms with Crippen molar-refractivity contribution in [3.05, 3.63) is 59.4 Å². The SMILES string of the molecule is CN.Fc1ccc(-c2[nH]c3c(F)cc(F)cc3c2C2CCC2)cc1.O=C1CCC(=O)N1. The topological polar surface area (TPSA) is 88.0 Å². The highest BCUT2D eigenvalue weighted by Crippen LogP contribution is 2.45. The molecule has 0 spiro atoms. The predicted octanol–water partition coefficient (Wildman–Crippen LogP) is 4.52. The number of aromatic nitrogens is 1. The molecule has 2 aliphatic rings. The van der Waals surface area contributed by atoms with Gasteiger partial charge in [0.1, 0.15) is 17.5 Å². The van der Waals surface area contributed by atoms with Crippen molar-refractivity contribution in [2.24, 2.45) is 5.73 Å². The number of nitrogens with one attached hydrogen (secondary N) is 2. The van der Waals surface area contributed by atoms with Crippen LogP contribution in [0.2, 0.25) is 0 Å². The maximum Gasteiger partial charge on any atom is 0.227 e. The zero-order valence-electron chi connectivity index (χ0n) is 17.1. The number of benzene rings is 2. The fourth-order valence-electron chi connectivity index (χ4n) is 3.71. The summed E-state index contributed by atoms with van der Waals surface area (Å²) in [4.78, 5) is 23.3. The molecule has 1 aromatic heterocycles. The Bertz CT molecular complexity index is 1080. The molecule has 2 amide bonds. The summed E-state index contributed by atoms with van der Waals surface area (Å²) in [5.41, 5.74) is 7.33. The Morgan fingerprint density at radius 1 is 0.903 bits per heavy atom. The number of carbonyl (C=O) groups excluding carboxylic acids is 2. The Morgan fingerprint density at radius 3 is 2.00 bits per heavy atom. The fourth-order valence-corrected chi connectivity index (χ4v) is 3.71. The molecule has 8 heteroatoms. The van der Waals surface area contributed by atoms with Gasteiger partial charge in [-0.2, -0.15) is 0 Å². The summed E-state index contributed by atoms with van der Waals surface area (Å²) in [5.74, 6) is -1.48. The van der Waals surface area contributed by atoms with Crippen LogP contribution >= 0.6 is 0 Å². The maximum absolute atomic E-state index is 14.1. The van der Waals surface area contributed by atoms with Gasteiger partial charge in [0, 0.05) is 24.3 Å². The van der Waals surface area contributed by atoms with E-state index in [1.54, 1.807) is 12.1 Å². The highest BCUT2D eigenvalue weighted by atomic mass is 19.1. The van der Waals surface area contributed by atoms with Crippen molar-refractivity contribution in [1.82, 2.24) is 10.3 Å². The number of hydrogen-bond donors (Lipinski definition) is 3. The van der Waals surface area contributed by atoms with Crippen molar-refractivity contribution in [2.75, 3.05) is 7.05 Å². The van der Waals surface area contributed by atoms with Gasteiger partial charge in [0.15, 0.2) is 0 Å². The zero-order chi connectivity index (χ0) is 22.5. The van der Waals surface area contributed by atoms with E-state index in [0.29, 0.717) is 29.7 Å². The van der Waals surface area contributed by atoms with Crippen LogP contribution in [-0.4, -0.2) is 23.8 Å². The fraction of sp³-hybridized carbons (Fsp3) is 0.304.